The number of hydrogen-bond acceptors (Lipinski definition) is 6. The predicted octanol–water partition coefficient (Wildman–Crippen LogP) is 1.86. The molecule has 28 heavy (non-hydrogen) atoms. The molecule has 0 unspecified atom stereocenters. The van der Waals surface area contributed by atoms with Gasteiger partial charge in [0.1, 0.15) is 5.69 Å². The van der Waals surface area contributed by atoms with Crippen molar-refractivity contribution < 1.29 is 12.8 Å². The van der Waals surface area contributed by atoms with E-state index in [-0.39, 0.29) is 29.3 Å². The Bertz CT molecular complexity index is 1010. The number of anilines is 1. The second-order valence-electron chi connectivity index (χ2n) is 7.23. The molecule has 152 valence electrons. The van der Waals surface area contributed by atoms with Crippen molar-refractivity contribution in [2.24, 2.45) is 0 Å². The number of rotatable bonds is 5. The fourth-order valence-corrected chi connectivity index (χ4v) is 4.07. The summed E-state index contributed by atoms with van der Waals surface area (Å²) in [6.45, 7) is 4.59. The van der Waals surface area contributed by atoms with E-state index in [1.54, 1.807) is 12.3 Å². The minimum absolute atomic E-state index is 0.000860. The zero-order valence-electron chi connectivity index (χ0n) is 16.1. The Morgan fingerprint density at radius 1 is 1.25 bits per heavy atom. The summed E-state index contributed by atoms with van der Waals surface area (Å²) in [5.74, 6) is -0.303. The molecule has 1 saturated heterocycles. The maximum atomic E-state index is 14.3. The van der Waals surface area contributed by atoms with E-state index in [1.165, 1.54) is 21.2 Å². The number of sulfonamides is 1. The van der Waals surface area contributed by atoms with Gasteiger partial charge in [0.05, 0.1) is 12.5 Å². The standard InChI is InChI=1S/C18H24FN5O3S/c1-12(2)24-11-13(4-5-16(24)25)17-15(19)10-20-18(22-17)21-14-6-8-23(9-7-14)28(3,26)27/h4-5,10-12,14H,6-9H2,1-3H3,(H,20,21,22). The number of halogens is 1. The van der Waals surface area contributed by atoms with Gasteiger partial charge >= 0.3 is 0 Å². The van der Waals surface area contributed by atoms with Crippen molar-refractivity contribution in [3.63, 3.8) is 0 Å². The van der Waals surface area contributed by atoms with Crippen LogP contribution in [-0.4, -0.2) is 52.6 Å². The smallest absolute Gasteiger partial charge is 0.250 e. The SMILES string of the molecule is CC(C)n1cc(-c2nc(NC3CCN(S(C)(=O)=O)CC3)ncc2F)ccc1=O. The van der Waals surface area contributed by atoms with Crippen LogP contribution in [0.2, 0.25) is 0 Å². The second kappa shape index (κ2) is 7.96. The van der Waals surface area contributed by atoms with Gasteiger partial charge in [0.25, 0.3) is 5.56 Å². The second-order valence-corrected chi connectivity index (χ2v) is 9.21. The summed E-state index contributed by atoms with van der Waals surface area (Å²) in [5.41, 5.74) is 0.438. The van der Waals surface area contributed by atoms with Gasteiger partial charge in [-0.2, -0.15) is 0 Å². The molecule has 2 aromatic heterocycles. The zero-order valence-corrected chi connectivity index (χ0v) is 16.9. The summed E-state index contributed by atoms with van der Waals surface area (Å²) in [5, 5.41) is 3.16. The molecule has 0 radical (unpaired) electrons. The first-order valence-corrected chi connectivity index (χ1v) is 11.0. The van der Waals surface area contributed by atoms with Gasteiger partial charge < -0.3 is 9.88 Å². The number of nitrogens with zero attached hydrogens (tertiary/aromatic N) is 4. The summed E-state index contributed by atoms with van der Waals surface area (Å²) in [6, 6.07) is 2.88. The number of hydrogen-bond donors (Lipinski definition) is 1. The van der Waals surface area contributed by atoms with Crippen molar-refractivity contribution in [3.8, 4) is 11.3 Å². The summed E-state index contributed by atoms with van der Waals surface area (Å²) in [7, 11) is -3.19. The van der Waals surface area contributed by atoms with Gasteiger partial charge in [-0.1, -0.05) is 0 Å². The van der Waals surface area contributed by atoms with Crippen molar-refractivity contribution in [3.05, 3.63) is 40.7 Å². The van der Waals surface area contributed by atoms with Gasteiger partial charge in [-0.15, -0.1) is 0 Å². The summed E-state index contributed by atoms with van der Waals surface area (Å²) in [6.07, 6.45) is 5.11. The molecule has 1 fully saturated rings. The molecule has 3 rings (SSSR count). The molecular weight excluding hydrogens is 385 g/mol. The monoisotopic (exact) mass is 409 g/mol. The molecule has 1 aliphatic rings. The van der Waals surface area contributed by atoms with Gasteiger partial charge in [-0.3, -0.25) is 4.79 Å². The third-order valence-electron chi connectivity index (χ3n) is 4.77. The molecule has 1 N–H and O–H groups in total. The Hall–Kier alpha value is -2.33. The molecule has 0 bridgehead atoms. The van der Waals surface area contributed by atoms with Crippen LogP contribution in [0, 0.1) is 5.82 Å². The minimum Gasteiger partial charge on any atom is -0.351 e. The van der Waals surface area contributed by atoms with E-state index in [1.807, 2.05) is 13.8 Å². The van der Waals surface area contributed by atoms with E-state index < -0.39 is 15.8 Å². The van der Waals surface area contributed by atoms with E-state index in [0.717, 1.165) is 6.20 Å². The van der Waals surface area contributed by atoms with Crippen LogP contribution in [0.1, 0.15) is 32.7 Å². The summed E-state index contributed by atoms with van der Waals surface area (Å²) < 4.78 is 40.5. The summed E-state index contributed by atoms with van der Waals surface area (Å²) in [4.78, 5) is 20.2. The van der Waals surface area contributed by atoms with Gasteiger partial charge in [0.15, 0.2) is 5.82 Å². The first kappa shape index (κ1) is 20.4. The average molecular weight is 409 g/mol. The van der Waals surface area contributed by atoms with Gasteiger partial charge in [-0.05, 0) is 32.8 Å². The molecule has 0 spiro atoms. The first-order chi connectivity index (χ1) is 13.1. The lowest BCUT2D eigenvalue weighted by Crippen LogP contribution is -2.42. The Morgan fingerprint density at radius 2 is 1.93 bits per heavy atom. The van der Waals surface area contributed by atoms with Crippen molar-refractivity contribution >= 4 is 16.0 Å². The molecular formula is C18H24FN5O3S. The molecule has 1 aliphatic heterocycles. The summed E-state index contributed by atoms with van der Waals surface area (Å²) >= 11 is 0. The lowest BCUT2D eigenvalue weighted by Gasteiger charge is -2.30. The van der Waals surface area contributed by atoms with Crippen LogP contribution >= 0.6 is 0 Å². The third kappa shape index (κ3) is 4.56. The van der Waals surface area contributed by atoms with Crippen molar-refractivity contribution in [1.29, 1.82) is 0 Å². The van der Waals surface area contributed by atoms with E-state index in [2.05, 4.69) is 15.3 Å². The van der Waals surface area contributed by atoms with Crippen LogP contribution in [0.5, 0.6) is 0 Å². The van der Waals surface area contributed by atoms with E-state index in [4.69, 9.17) is 0 Å². The average Bonchev–Trinajstić information content (AvgIpc) is 2.63. The molecule has 10 heteroatoms. The van der Waals surface area contributed by atoms with Gasteiger partial charge in [-0.25, -0.2) is 27.1 Å². The highest BCUT2D eigenvalue weighted by Gasteiger charge is 2.25. The first-order valence-electron chi connectivity index (χ1n) is 9.12. The molecule has 0 saturated carbocycles. The van der Waals surface area contributed by atoms with Crippen LogP contribution in [0.4, 0.5) is 10.3 Å². The van der Waals surface area contributed by atoms with Crippen LogP contribution in [-0.2, 0) is 10.0 Å². The largest absolute Gasteiger partial charge is 0.351 e. The minimum atomic E-state index is -3.19. The van der Waals surface area contributed by atoms with Crippen molar-refractivity contribution in [2.45, 2.75) is 38.8 Å². The van der Waals surface area contributed by atoms with E-state index >= 15 is 0 Å². The molecule has 0 aliphatic carbocycles. The maximum absolute atomic E-state index is 14.3. The van der Waals surface area contributed by atoms with E-state index in [0.29, 0.717) is 31.5 Å². The molecule has 0 aromatic carbocycles. The highest BCUT2D eigenvalue weighted by Crippen LogP contribution is 2.22. The molecule has 3 heterocycles. The fraction of sp³-hybridized carbons (Fsp3) is 0.500. The van der Waals surface area contributed by atoms with Crippen LogP contribution in [0.15, 0.2) is 29.3 Å². The van der Waals surface area contributed by atoms with Gasteiger partial charge in [0.2, 0.25) is 16.0 Å². The molecule has 0 atom stereocenters. The number of nitrogens with one attached hydrogen (secondary N) is 1. The number of piperidine rings is 1. The lowest BCUT2D eigenvalue weighted by molar-refractivity contribution is 0.331. The quantitative estimate of drug-likeness (QED) is 0.810. The predicted molar refractivity (Wildman–Crippen MR) is 105 cm³/mol. The van der Waals surface area contributed by atoms with E-state index in [9.17, 15) is 17.6 Å². The highest BCUT2D eigenvalue weighted by molar-refractivity contribution is 7.88. The van der Waals surface area contributed by atoms with Crippen LogP contribution < -0.4 is 10.9 Å². The molecule has 0 amide bonds. The fourth-order valence-electron chi connectivity index (χ4n) is 3.20. The Kier molecular flexibility index (Phi) is 5.80. The Balaban J connectivity index is 1.80. The van der Waals surface area contributed by atoms with Crippen LogP contribution in [0.3, 0.4) is 0 Å². The highest BCUT2D eigenvalue weighted by atomic mass is 32.2. The molecule has 8 nitrogen and oxygen atoms in total. The Morgan fingerprint density at radius 3 is 2.54 bits per heavy atom. The number of aromatic nitrogens is 3. The zero-order chi connectivity index (χ0) is 20.5. The third-order valence-corrected chi connectivity index (χ3v) is 6.07. The number of pyridine rings is 1. The Labute approximate surface area is 163 Å². The maximum Gasteiger partial charge on any atom is 0.250 e. The van der Waals surface area contributed by atoms with Crippen molar-refractivity contribution in [2.75, 3.05) is 24.7 Å². The lowest BCUT2D eigenvalue weighted by atomic mass is 10.1. The van der Waals surface area contributed by atoms with Crippen LogP contribution in [0.25, 0.3) is 11.3 Å². The normalized spacial score (nSPS) is 16.5. The van der Waals surface area contributed by atoms with Gasteiger partial charge in [0, 0.05) is 43.0 Å². The topological polar surface area (TPSA) is 97.2 Å². The van der Waals surface area contributed by atoms with Crippen molar-refractivity contribution in [1.82, 2.24) is 18.8 Å². The molecule has 2 aromatic rings.